The molecule has 0 unspecified atom stereocenters. The Bertz CT molecular complexity index is 352. The predicted octanol–water partition coefficient (Wildman–Crippen LogP) is 2.86. The van der Waals surface area contributed by atoms with Crippen molar-refractivity contribution in [2.45, 2.75) is 26.7 Å². The standard InChI is InChI=1S/C11H14ClNO2/c1-3-5-8-6-13-7-9(10(8)12)11(14)15-4-2/h6-7H,3-5H2,1-2H3. The quantitative estimate of drug-likeness (QED) is 0.743. The van der Waals surface area contributed by atoms with Crippen molar-refractivity contribution in [1.29, 1.82) is 0 Å². The summed E-state index contributed by atoms with van der Waals surface area (Å²) < 4.78 is 4.88. The summed E-state index contributed by atoms with van der Waals surface area (Å²) >= 11 is 6.08. The molecule has 0 aliphatic rings. The Morgan fingerprint density at radius 1 is 1.47 bits per heavy atom. The summed E-state index contributed by atoms with van der Waals surface area (Å²) in [5, 5.41) is 0.463. The lowest BCUT2D eigenvalue weighted by molar-refractivity contribution is 0.0526. The van der Waals surface area contributed by atoms with E-state index in [0.29, 0.717) is 17.2 Å². The van der Waals surface area contributed by atoms with Crippen molar-refractivity contribution in [1.82, 2.24) is 4.98 Å². The fraction of sp³-hybridized carbons (Fsp3) is 0.455. The Balaban J connectivity index is 2.98. The first kappa shape index (κ1) is 12.0. The number of aromatic nitrogens is 1. The number of nitrogens with zero attached hydrogens (tertiary/aromatic N) is 1. The highest BCUT2D eigenvalue weighted by Gasteiger charge is 2.14. The predicted molar refractivity (Wildman–Crippen MR) is 59.2 cm³/mol. The Labute approximate surface area is 94.4 Å². The molecule has 1 aromatic heterocycles. The monoisotopic (exact) mass is 227 g/mol. The molecule has 1 rings (SSSR count). The molecule has 1 aromatic rings. The largest absolute Gasteiger partial charge is 0.462 e. The van der Waals surface area contributed by atoms with E-state index < -0.39 is 5.97 Å². The molecule has 0 spiro atoms. The van der Waals surface area contributed by atoms with Gasteiger partial charge in [0.2, 0.25) is 0 Å². The minimum Gasteiger partial charge on any atom is -0.462 e. The minimum atomic E-state index is -0.409. The van der Waals surface area contributed by atoms with Gasteiger partial charge in [-0.15, -0.1) is 0 Å². The molecule has 0 fully saturated rings. The van der Waals surface area contributed by atoms with Crippen LogP contribution in [-0.4, -0.2) is 17.6 Å². The topological polar surface area (TPSA) is 39.2 Å². The molecule has 0 N–H and O–H groups in total. The van der Waals surface area contributed by atoms with E-state index in [0.717, 1.165) is 18.4 Å². The Hall–Kier alpha value is -1.09. The Morgan fingerprint density at radius 2 is 2.20 bits per heavy atom. The van der Waals surface area contributed by atoms with Gasteiger partial charge in [0.25, 0.3) is 0 Å². The summed E-state index contributed by atoms with van der Waals surface area (Å²) in [6.07, 6.45) is 4.92. The van der Waals surface area contributed by atoms with Crippen molar-refractivity contribution in [2.24, 2.45) is 0 Å². The van der Waals surface area contributed by atoms with Crippen molar-refractivity contribution < 1.29 is 9.53 Å². The smallest absolute Gasteiger partial charge is 0.341 e. The second kappa shape index (κ2) is 5.71. The average Bonchev–Trinajstić information content (AvgIpc) is 2.22. The molecule has 0 amide bonds. The van der Waals surface area contributed by atoms with Crippen molar-refractivity contribution in [3.63, 3.8) is 0 Å². The van der Waals surface area contributed by atoms with Crippen LogP contribution in [0.1, 0.15) is 36.2 Å². The van der Waals surface area contributed by atoms with E-state index in [1.807, 2.05) is 6.92 Å². The molecule has 1 heterocycles. The number of hydrogen-bond donors (Lipinski definition) is 0. The molecule has 0 aromatic carbocycles. The van der Waals surface area contributed by atoms with Crippen LogP contribution < -0.4 is 0 Å². The highest BCUT2D eigenvalue weighted by Crippen LogP contribution is 2.21. The molecule has 0 radical (unpaired) electrons. The van der Waals surface area contributed by atoms with Gasteiger partial charge in [-0.1, -0.05) is 24.9 Å². The first-order valence-corrected chi connectivity index (χ1v) is 5.38. The van der Waals surface area contributed by atoms with Crippen LogP contribution in [-0.2, 0) is 11.2 Å². The van der Waals surface area contributed by atoms with Crippen LogP contribution in [0.5, 0.6) is 0 Å². The molecule has 4 heteroatoms. The summed E-state index contributed by atoms with van der Waals surface area (Å²) in [6, 6.07) is 0. The lowest BCUT2D eigenvalue weighted by Crippen LogP contribution is -2.07. The van der Waals surface area contributed by atoms with Gasteiger partial charge in [-0.25, -0.2) is 4.79 Å². The van der Waals surface area contributed by atoms with E-state index in [-0.39, 0.29) is 0 Å². The molecule has 0 aliphatic heterocycles. The first-order valence-electron chi connectivity index (χ1n) is 5.00. The third kappa shape index (κ3) is 2.93. The number of carbonyl (C=O) groups excluding carboxylic acids is 1. The van der Waals surface area contributed by atoms with Crippen molar-refractivity contribution in [3.8, 4) is 0 Å². The normalized spacial score (nSPS) is 10.1. The average molecular weight is 228 g/mol. The van der Waals surface area contributed by atoms with E-state index in [1.54, 1.807) is 13.1 Å². The Morgan fingerprint density at radius 3 is 2.80 bits per heavy atom. The van der Waals surface area contributed by atoms with Crippen LogP contribution >= 0.6 is 11.6 Å². The van der Waals surface area contributed by atoms with Crippen LogP contribution in [0.25, 0.3) is 0 Å². The van der Waals surface area contributed by atoms with E-state index in [4.69, 9.17) is 16.3 Å². The SMILES string of the molecule is CCCc1cncc(C(=O)OCC)c1Cl. The molecule has 82 valence electrons. The van der Waals surface area contributed by atoms with Gasteiger partial charge in [0, 0.05) is 12.4 Å². The van der Waals surface area contributed by atoms with Crippen LogP contribution in [0.2, 0.25) is 5.02 Å². The van der Waals surface area contributed by atoms with Gasteiger partial charge < -0.3 is 4.74 Å². The van der Waals surface area contributed by atoms with Crippen molar-refractivity contribution in [3.05, 3.63) is 28.5 Å². The highest BCUT2D eigenvalue weighted by molar-refractivity contribution is 6.34. The molecule has 15 heavy (non-hydrogen) atoms. The summed E-state index contributed by atoms with van der Waals surface area (Å²) in [7, 11) is 0. The van der Waals surface area contributed by atoms with E-state index in [9.17, 15) is 4.79 Å². The summed E-state index contributed by atoms with van der Waals surface area (Å²) in [5.41, 5.74) is 1.24. The van der Waals surface area contributed by atoms with Gasteiger partial charge in [0.05, 0.1) is 17.2 Å². The van der Waals surface area contributed by atoms with Crippen LogP contribution in [0.3, 0.4) is 0 Å². The number of halogens is 1. The van der Waals surface area contributed by atoms with E-state index >= 15 is 0 Å². The molecule has 0 saturated carbocycles. The van der Waals surface area contributed by atoms with E-state index in [2.05, 4.69) is 4.98 Å². The van der Waals surface area contributed by atoms with E-state index in [1.165, 1.54) is 6.20 Å². The molecule has 0 aliphatic carbocycles. The fourth-order valence-corrected chi connectivity index (χ4v) is 1.55. The maximum absolute atomic E-state index is 11.5. The number of rotatable bonds is 4. The molecule has 0 atom stereocenters. The molecular formula is C11H14ClNO2. The second-order valence-electron chi connectivity index (χ2n) is 3.13. The van der Waals surface area contributed by atoms with Gasteiger partial charge in [-0.05, 0) is 18.9 Å². The summed E-state index contributed by atoms with van der Waals surface area (Å²) in [6.45, 7) is 4.15. The number of ether oxygens (including phenoxy) is 1. The van der Waals surface area contributed by atoms with Crippen LogP contribution in [0.15, 0.2) is 12.4 Å². The lowest BCUT2D eigenvalue weighted by Gasteiger charge is -2.07. The zero-order valence-corrected chi connectivity index (χ0v) is 9.67. The third-order valence-electron chi connectivity index (χ3n) is 1.97. The number of aryl methyl sites for hydroxylation is 1. The highest BCUT2D eigenvalue weighted by atomic mass is 35.5. The lowest BCUT2D eigenvalue weighted by atomic mass is 10.1. The zero-order valence-electron chi connectivity index (χ0n) is 8.92. The first-order chi connectivity index (χ1) is 7.20. The van der Waals surface area contributed by atoms with Crippen LogP contribution in [0.4, 0.5) is 0 Å². The molecular weight excluding hydrogens is 214 g/mol. The molecule has 0 bridgehead atoms. The summed E-state index contributed by atoms with van der Waals surface area (Å²) in [5.74, 6) is -0.409. The van der Waals surface area contributed by atoms with Crippen molar-refractivity contribution in [2.75, 3.05) is 6.61 Å². The zero-order chi connectivity index (χ0) is 11.3. The second-order valence-corrected chi connectivity index (χ2v) is 3.51. The number of esters is 1. The van der Waals surface area contributed by atoms with Gasteiger partial charge in [0.1, 0.15) is 0 Å². The van der Waals surface area contributed by atoms with Crippen molar-refractivity contribution >= 4 is 17.6 Å². The van der Waals surface area contributed by atoms with Gasteiger partial charge in [0.15, 0.2) is 0 Å². The molecule has 3 nitrogen and oxygen atoms in total. The fourth-order valence-electron chi connectivity index (χ4n) is 1.28. The van der Waals surface area contributed by atoms with Gasteiger partial charge in [-0.2, -0.15) is 0 Å². The number of pyridine rings is 1. The number of hydrogen-bond acceptors (Lipinski definition) is 3. The molecule has 0 saturated heterocycles. The third-order valence-corrected chi connectivity index (χ3v) is 2.41. The minimum absolute atomic E-state index is 0.340. The van der Waals surface area contributed by atoms with Gasteiger partial charge in [-0.3, -0.25) is 4.98 Å². The maximum Gasteiger partial charge on any atom is 0.341 e. The Kier molecular flexibility index (Phi) is 4.56. The van der Waals surface area contributed by atoms with Gasteiger partial charge >= 0.3 is 5.97 Å². The maximum atomic E-state index is 11.5. The van der Waals surface area contributed by atoms with Crippen LogP contribution in [0, 0.1) is 0 Å². The number of carbonyl (C=O) groups is 1. The summed E-state index contributed by atoms with van der Waals surface area (Å²) in [4.78, 5) is 15.5.